The molecular weight excluding hydrogens is 460 g/mol. The van der Waals surface area contributed by atoms with Crippen LogP contribution in [0.2, 0.25) is 0 Å². The van der Waals surface area contributed by atoms with Crippen LogP contribution < -0.4 is 0 Å². The van der Waals surface area contributed by atoms with Gasteiger partial charge in [0.05, 0.1) is 11.6 Å². The summed E-state index contributed by atoms with van der Waals surface area (Å²) < 4.78 is 8.31. The van der Waals surface area contributed by atoms with E-state index < -0.39 is 0 Å². The summed E-state index contributed by atoms with van der Waals surface area (Å²) in [6.07, 6.45) is 13.1. The third kappa shape index (κ3) is 3.64. The Morgan fingerprint density at radius 3 is 2.57 bits per heavy atom. The second kappa shape index (κ2) is 8.79. The molecule has 200 valence electrons. The number of aromatic nitrogens is 3. The first kappa shape index (κ1) is 24.1. The molecule has 2 heterocycles. The van der Waals surface area contributed by atoms with Gasteiger partial charge in [0.1, 0.15) is 11.6 Å². The number of rotatable bonds is 3. The lowest BCUT2D eigenvalue weighted by atomic mass is 9.45. The molecule has 1 aliphatic heterocycles. The zero-order chi connectivity index (χ0) is 25.4. The fraction of sp³-hybridized carbons (Fsp3) is 0.774. The summed E-state index contributed by atoms with van der Waals surface area (Å²) in [6.45, 7) is 9.33. The average Bonchev–Trinajstić information content (AvgIpc) is 3.62. The van der Waals surface area contributed by atoms with E-state index in [1.807, 2.05) is 12.1 Å². The van der Waals surface area contributed by atoms with Crippen LogP contribution in [0.4, 0.5) is 0 Å². The van der Waals surface area contributed by atoms with E-state index in [0.29, 0.717) is 11.3 Å². The van der Waals surface area contributed by atoms with Gasteiger partial charge < -0.3 is 9.64 Å². The van der Waals surface area contributed by atoms with Gasteiger partial charge in [-0.1, -0.05) is 31.2 Å². The third-order valence-electron chi connectivity index (χ3n) is 12.2. The number of esters is 1. The molecule has 2 aromatic rings. The predicted octanol–water partition coefficient (Wildman–Crippen LogP) is 6.02. The summed E-state index contributed by atoms with van der Waals surface area (Å²) in [5.74, 6) is 2.80. The fourth-order valence-electron chi connectivity index (χ4n) is 10.4. The topological polar surface area (TPSA) is 60.3 Å². The van der Waals surface area contributed by atoms with Crippen molar-refractivity contribution < 1.29 is 9.53 Å². The number of nitrogens with zero attached hydrogens (tertiary/aromatic N) is 4. The van der Waals surface area contributed by atoms with Crippen molar-refractivity contribution in [1.82, 2.24) is 19.9 Å². The van der Waals surface area contributed by atoms with Gasteiger partial charge in [-0.25, -0.2) is 4.68 Å². The molecule has 1 saturated heterocycles. The van der Waals surface area contributed by atoms with Crippen molar-refractivity contribution in [3.8, 4) is 0 Å². The molecule has 5 fully saturated rings. The van der Waals surface area contributed by atoms with E-state index in [2.05, 4.69) is 45.9 Å². The monoisotopic (exact) mass is 504 g/mol. The maximum atomic E-state index is 12.4. The van der Waals surface area contributed by atoms with Gasteiger partial charge in [-0.05, 0) is 119 Å². The van der Waals surface area contributed by atoms with Crippen molar-refractivity contribution in [3.05, 3.63) is 24.3 Å². The van der Waals surface area contributed by atoms with Crippen molar-refractivity contribution in [2.45, 2.75) is 103 Å². The number of benzene rings is 1. The van der Waals surface area contributed by atoms with Gasteiger partial charge >= 0.3 is 5.97 Å². The third-order valence-corrected chi connectivity index (χ3v) is 12.2. The van der Waals surface area contributed by atoms with Gasteiger partial charge in [0.2, 0.25) is 0 Å². The predicted molar refractivity (Wildman–Crippen MR) is 144 cm³/mol. The van der Waals surface area contributed by atoms with E-state index >= 15 is 0 Å². The normalized spacial score (nSPS) is 43.8. The highest BCUT2D eigenvalue weighted by molar-refractivity contribution is 5.74. The Morgan fingerprint density at radius 1 is 0.973 bits per heavy atom. The number of carbonyl (C=O) groups excluding carboxylic acids is 1. The lowest BCUT2D eigenvalue weighted by Crippen LogP contribution is -2.56. The highest BCUT2D eigenvalue weighted by Crippen LogP contribution is 2.68. The second-order valence-corrected chi connectivity index (χ2v) is 13.7. The molecule has 0 spiro atoms. The molecule has 7 rings (SSSR count). The number of para-hydroxylation sites is 1. The van der Waals surface area contributed by atoms with Gasteiger partial charge in [0, 0.05) is 18.4 Å². The molecule has 6 nitrogen and oxygen atoms in total. The Labute approximate surface area is 221 Å². The first-order chi connectivity index (χ1) is 17.9. The van der Waals surface area contributed by atoms with Gasteiger partial charge in [-0.15, -0.1) is 5.10 Å². The summed E-state index contributed by atoms with van der Waals surface area (Å²) in [5.41, 5.74) is 2.44. The van der Waals surface area contributed by atoms with E-state index in [4.69, 9.17) is 4.74 Å². The van der Waals surface area contributed by atoms with Gasteiger partial charge in [-0.3, -0.25) is 4.79 Å². The molecule has 4 aliphatic carbocycles. The van der Waals surface area contributed by atoms with Crippen molar-refractivity contribution in [3.63, 3.8) is 0 Å². The maximum Gasteiger partial charge on any atom is 0.302 e. The van der Waals surface area contributed by atoms with E-state index in [0.717, 1.165) is 47.7 Å². The minimum atomic E-state index is -0.167. The lowest BCUT2D eigenvalue weighted by molar-refractivity contribution is -0.164. The molecule has 0 N–H and O–H groups in total. The van der Waals surface area contributed by atoms with Gasteiger partial charge in [-0.2, -0.15) is 0 Å². The minimum Gasteiger partial charge on any atom is -0.460 e. The van der Waals surface area contributed by atoms with Crippen LogP contribution in [0.3, 0.4) is 0 Å². The van der Waals surface area contributed by atoms with E-state index in [1.54, 1.807) is 6.92 Å². The van der Waals surface area contributed by atoms with E-state index in [9.17, 15) is 4.79 Å². The summed E-state index contributed by atoms with van der Waals surface area (Å²) in [4.78, 5) is 15.2. The van der Waals surface area contributed by atoms with Crippen LogP contribution in [-0.4, -0.2) is 51.1 Å². The van der Waals surface area contributed by atoms with Gasteiger partial charge in [0.15, 0.2) is 0 Å². The largest absolute Gasteiger partial charge is 0.460 e. The molecule has 0 radical (unpaired) electrons. The summed E-state index contributed by atoms with van der Waals surface area (Å²) >= 11 is 0. The number of hydrogen-bond donors (Lipinski definition) is 0. The molecule has 1 aromatic carbocycles. The molecule has 9 atom stereocenters. The number of carbonyl (C=O) groups is 1. The fourth-order valence-corrected chi connectivity index (χ4v) is 10.4. The Hall–Kier alpha value is -1.95. The number of fused-ring (bicyclic) bond motifs is 6. The summed E-state index contributed by atoms with van der Waals surface area (Å²) in [5, 5.41) is 9.10. The highest BCUT2D eigenvalue weighted by Gasteiger charge is 2.64. The molecule has 37 heavy (non-hydrogen) atoms. The van der Waals surface area contributed by atoms with E-state index in [-0.39, 0.29) is 23.5 Å². The summed E-state index contributed by atoms with van der Waals surface area (Å²) in [7, 11) is 0. The van der Waals surface area contributed by atoms with Gasteiger partial charge in [0.25, 0.3) is 0 Å². The first-order valence-corrected chi connectivity index (χ1v) is 15.1. The van der Waals surface area contributed by atoms with Crippen LogP contribution in [0.15, 0.2) is 24.3 Å². The molecule has 4 saturated carbocycles. The maximum absolute atomic E-state index is 12.4. The van der Waals surface area contributed by atoms with Crippen molar-refractivity contribution >= 4 is 17.0 Å². The molecule has 4 unspecified atom stereocenters. The Kier molecular flexibility index (Phi) is 5.73. The molecule has 6 heteroatoms. The number of ether oxygens (including phenoxy) is 1. The van der Waals surface area contributed by atoms with Crippen LogP contribution in [0, 0.1) is 34.5 Å². The van der Waals surface area contributed by atoms with Crippen molar-refractivity contribution in [2.24, 2.45) is 34.5 Å². The Bertz CT molecular complexity index is 1170. The van der Waals surface area contributed by atoms with Crippen molar-refractivity contribution in [2.75, 3.05) is 13.1 Å². The van der Waals surface area contributed by atoms with E-state index in [1.165, 1.54) is 64.5 Å². The van der Waals surface area contributed by atoms with Crippen LogP contribution >= 0.6 is 0 Å². The average molecular weight is 505 g/mol. The second-order valence-electron chi connectivity index (χ2n) is 13.7. The molecule has 1 aromatic heterocycles. The van der Waals surface area contributed by atoms with Crippen LogP contribution in [0.1, 0.15) is 91.0 Å². The number of likely N-dealkylation sites (tertiary alicyclic amines) is 1. The standard InChI is InChI=1S/C31H44N4O2/c1-20(36)37-29-28(35-27-9-5-4-8-26(27)32-33-35)19-25-23-11-10-21-18-22(34-16-6-7-17-34)12-14-30(21,2)24(23)13-15-31(25,29)3/h4-5,8-9,21-25,28-29H,6-7,10-19H2,1-3H3/t21?,22-,23?,24?,25?,28-,29-,30-,31-/m0/s1. The first-order valence-electron chi connectivity index (χ1n) is 15.1. The van der Waals surface area contributed by atoms with Crippen LogP contribution in [0.5, 0.6) is 0 Å². The zero-order valence-electron chi connectivity index (χ0n) is 22.9. The molecule has 5 aliphatic rings. The zero-order valence-corrected chi connectivity index (χ0v) is 22.9. The Balaban J connectivity index is 1.19. The highest BCUT2D eigenvalue weighted by atomic mass is 16.5. The Morgan fingerprint density at radius 2 is 1.76 bits per heavy atom. The molecular formula is C31H44N4O2. The molecule has 0 bridgehead atoms. The van der Waals surface area contributed by atoms with Crippen LogP contribution in [0.25, 0.3) is 11.0 Å². The SMILES string of the molecule is CC(=O)O[C@H]1[C@@H](n2nnc3ccccc32)CC2C3CCC4C[C@@H](N5CCCC5)CC[C@]4(C)C3CC[C@@]21C. The van der Waals surface area contributed by atoms with Crippen LogP contribution in [-0.2, 0) is 9.53 Å². The smallest absolute Gasteiger partial charge is 0.302 e. The minimum absolute atomic E-state index is 0.000503. The quantitative estimate of drug-likeness (QED) is 0.478. The summed E-state index contributed by atoms with van der Waals surface area (Å²) in [6, 6.07) is 9.10. The number of hydrogen-bond acceptors (Lipinski definition) is 5. The van der Waals surface area contributed by atoms with Crippen molar-refractivity contribution in [1.29, 1.82) is 0 Å². The lowest BCUT2D eigenvalue weighted by Gasteiger charge is -2.61. The molecule has 0 amide bonds.